The molecule has 0 aromatic heterocycles. The molecule has 2 fully saturated rings. The Balaban J connectivity index is 1.43. The highest BCUT2D eigenvalue weighted by Gasteiger charge is 2.54. The fraction of sp³-hybridized carbons (Fsp3) is 0.440. The Labute approximate surface area is 171 Å². The van der Waals surface area contributed by atoms with Crippen molar-refractivity contribution < 1.29 is 14.3 Å². The van der Waals surface area contributed by atoms with Crippen LogP contribution < -0.4 is 10.5 Å². The van der Waals surface area contributed by atoms with Crippen LogP contribution in [0.25, 0.3) is 0 Å². The third-order valence-electron chi connectivity index (χ3n) is 7.84. The van der Waals surface area contributed by atoms with Crippen molar-refractivity contribution in [2.45, 2.75) is 51.4 Å². The van der Waals surface area contributed by atoms with Crippen molar-refractivity contribution in [2.24, 2.45) is 17.3 Å². The SMILES string of the molecule is C[C@]12CC[C@@H]3c4ccc(OC(=O)c5ccccc5)c(N)c4CC[C@H]3[C@@H]1CCC2=O. The minimum Gasteiger partial charge on any atom is -0.421 e. The predicted octanol–water partition coefficient (Wildman–Crippen LogP) is 4.91. The molecule has 2 aromatic rings. The van der Waals surface area contributed by atoms with Crippen molar-refractivity contribution in [3.8, 4) is 5.75 Å². The summed E-state index contributed by atoms with van der Waals surface area (Å²) in [5.41, 5.74) is 9.92. The van der Waals surface area contributed by atoms with E-state index < -0.39 is 0 Å². The molecule has 150 valence electrons. The van der Waals surface area contributed by atoms with E-state index in [-0.39, 0.29) is 11.4 Å². The van der Waals surface area contributed by atoms with Crippen LogP contribution in [0.3, 0.4) is 0 Å². The lowest BCUT2D eigenvalue weighted by molar-refractivity contribution is -0.129. The minimum atomic E-state index is -0.385. The van der Waals surface area contributed by atoms with E-state index in [2.05, 4.69) is 13.0 Å². The van der Waals surface area contributed by atoms with E-state index in [1.807, 2.05) is 24.3 Å². The number of anilines is 1. The van der Waals surface area contributed by atoms with Crippen LogP contribution in [-0.4, -0.2) is 11.8 Å². The van der Waals surface area contributed by atoms with E-state index in [1.54, 1.807) is 12.1 Å². The number of esters is 1. The van der Waals surface area contributed by atoms with E-state index in [9.17, 15) is 9.59 Å². The topological polar surface area (TPSA) is 69.4 Å². The Morgan fingerprint density at radius 2 is 1.86 bits per heavy atom. The molecule has 0 unspecified atom stereocenters. The fourth-order valence-corrected chi connectivity index (χ4v) is 6.27. The number of Topliss-reactive ketones (excluding diaryl/α,β-unsaturated/α-hetero) is 1. The van der Waals surface area contributed by atoms with E-state index in [0.29, 0.717) is 40.5 Å². The smallest absolute Gasteiger partial charge is 0.343 e. The largest absolute Gasteiger partial charge is 0.421 e. The van der Waals surface area contributed by atoms with Gasteiger partial charge in [-0.05, 0) is 79.2 Å². The number of rotatable bonds is 2. The van der Waals surface area contributed by atoms with Gasteiger partial charge in [-0.1, -0.05) is 31.2 Å². The normalized spacial score (nSPS) is 30.2. The first-order valence-corrected chi connectivity index (χ1v) is 10.7. The molecule has 0 spiro atoms. The molecular weight excluding hydrogens is 362 g/mol. The Kier molecular flexibility index (Phi) is 4.27. The summed E-state index contributed by atoms with van der Waals surface area (Å²) in [5, 5.41) is 0. The van der Waals surface area contributed by atoms with Crippen LogP contribution in [0, 0.1) is 17.3 Å². The monoisotopic (exact) mass is 389 g/mol. The summed E-state index contributed by atoms with van der Waals surface area (Å²) in [6.45, 7) is 2.19. The lowest BCUT2D eigenvalue weighted by Gasteiger charge is -2.48. The van der Waals surface area contributed by atoms with Crippen LogP contribution >= 0.6 is 0 Å². The maximum Gasteiger partial charge on any atom is 0.343 e. The number of benzene rings is 2. The fourth-order valence-electron chi connectivity index (χ4n) is 6.27. The second kappa shape index (κ2) is 6.72. The summed E-state index contributed by atoms with van der Waals surface area (Å²) >= 11 is 0. The van der Waals surface area contributed by atoms with Gasteiger partial charge in [0.1, 0.15) is 5.78 Å². The Bertz CT molecular complexity index is 983. The van der Waals surface area contributed by atoms with E-state index in [0.717, 1.165) is 44.1 Å². The van der Waals surface area contributed by atoms with Gasteiger partial charge in [0.05, 0.1) is 11.3 Å². The zero-order valence-electron chi connectivity index (χ0n) is 16.8. The molecule has 0 radical (unpaired) electrons. The number of carbonyl (C=O) groups is 2. The number of hydrogen-bond donors (Lipinski definition) is 1. The number of fused-ring (bicyclic) bond motifs is 5. The number of ether oxygens (including phenoxy) is 1. The van der Waals surface area contributed by atoms with Crippen molar-refractivity contribution in [3.63, 3.8) is 0 Å². The third-order valence-corrected chi connectivity index (χ3v) is 7.84. The summed E-state index contributed by atoms with van der Waals surface area (Å²) in [4.78, 5) is 24.9. The summed E-state index contributed by atoms with van der Waals surface area (Å²) in [5.74, 6) is 2.05. The molecule has 29 heavy (non-hydrogen) atoms. The Hall–Kier alpha value is -2.62. The third kappa shape index (κ3) is 2.80. The summed E-state index contributed by atoms with van der Waals surface area (Å²) < 4.78 is 5.62. The highest BCUT2D eigenvalue weighted by molar-refractivity contribution is 5.92. The second-order valence-electron chi connectivity index (χ2n) is 9.13. The molecule has 0 saturated heterocycles. The maximum atomic E-state index is 12.5. The first-order valence-electron chi connectivity index (χ1n) is 10.7. The molecule has 0 bridgehead atoms. The van der Waals surface area contributed by atoms with Gasteiger partial charge >= 0.3 is 5.97 Å². The Morgan fingerprint density at radius 3 is 2.66 bits per heavy atom. The van der Waals surface area contributed by atoms with E-state index in [4.69, 9.17) is 10.5 Å². The molecule has 4 nitrogen and oxygen atoms in total. The average molecular weight is 389 g/mol. The van der Waals surface area contributed by atoms with Crippen molar-refractivity contribution in [1.82, 2.24) is 0 Å². The van der Waals surface area contributed by atoms with Gasteiger partial charge in [0, 0.05) is 11.8 Å². The van der Waals surface area contributed by atoms with E-state index >= 15 is 0 Å². The molecule has 2 saturated carbocycles. The van der Waals surface area contributed by atoms with Crippen LogP contribution in [0.15, 0.2) is 42.5 Å². The Morgan fingerprint density at radius 1 is 1.07 bits per heavy atom. The molecule has 2 aromatic carbocycles. The second-order valence-corrected chi connectivity index (χ2v) is 9.13. The zero-order chi connectivity index (χ0) is 20.2. The van der Waals surface area contributed by atoms with Crippen molar-refractivity contribution in [2.75, 3.05) is 5.73 Å². The van der Waals surface area contributed by atoms with Crippen LogP contribution in [0.4, 0.5) is 5.69 Å². The highest BCUT2D eigenvalue weighted by atomic mass is 16.5. The number of ketones is 1. The van der Waals surface area contributed by atoms with Gasteiger partial charge in [-0.15, -0.1) is 0 Å². The molecule has 4 atom stereocenters. The number of nitrogens with two attached hydrogens (primary N) is 1. The number of carbonyl (C=O) groups excluding carboxylic acids is 2. The van der Waals surface area contributed by atoms with E-state index in [1.165, 1.54) is 5.56 Å². The van der Waals surface area contributed by atoms with Gasteiger partial charge in [-0.2, -0.15) is 0 Å². The zero-order valence-corrected chi connectivity index (χ0v) is 16.8. The van der Waals surface area contributed by atoms with Gasteiger partial charge < -0.3 is 10.5 Å². The van der Waals surface area contributed by atoms with Crippen molar-refractivity contribution in [3.05, 3.63) is 59.2 Å². The standard InChI is InChI=1S/C25H27NO3/c1-25-14-13-17-16-9-11-21(29-24(28)15-5-3-2-4-6-15)23(26)19(16)8-7-18(17)20(25)10-12-22(25)27/h2-6,9,11,17-18,20H,7-8,10,12-14,26H2,1H3/t17-,18-,20+,25+/m1/s1. The maximum absolute atomic E-state index is 12.5. The summed E-state index contributed by atoms with van der Waals surface area (Å²) in [6.07, 6.45) is 5.74. The molecule has 3 aliphatic carbocycles. The molecule has 2 N–H and O–H groups in total. The average Bonchev–Trinajstić information content (AvgIpc) is 3.05. The van der Waals surface area contributed by atoms with Gasteiger partial charge in [-0.25, -0.2) is 4.79 Å². The molecule has 3 aliphatic rings. The minimum absolute atomic E-state index is 0.116. The molecule has 0 amide bonds. The molecular formula is C25H27NO3. The van der Waals surface area contributed by atoms with Crippen LogP contribution in [0.5, 0.6) is 5.75 Å². The predicted molar refractivity (Wildman–Crippen MR) is 112 cm³/mol. The van der Waals surface area contributed by atoms with Crippen LogP contribution in [0.1, 0.15) is 66.4 Å². The molecule has 4 heteroatoms. The van der Waals surface area contributed by atoms with Crippen molar-refractivity contribution >= 4 is 17.4 Å². The number of hydrogen-bond acceptors (Lipinski definition) is 4. The van der Waals surface area contributed by atoms with Gasteiger partial charge in [0.25, 0.3) is 0 Å². The van der Waals surface area contributed by atoms with Gasteiger partial charge in [-0.3, -0.25) is 4.79 Å². The first kappa shape index (κ1) is 18.4. The molecule has 0 aliphatic heterocycles. The van der Waals surface area contributed by atoms with Crippen LogP contribution in [0.2, 0.25) is 0 Å². The molecule has 5 rings (SSSR count). The lowest BCUT2D eigenvalue weighted by atomic mass is 9.55. The van der Waals surface area contributed by atoms with Gasteiger partial charge in [0.2, 0.25) is 0 Å². The summed E-state index contributed by atoms with van der Waals surface area (Å²) in [6, 6.07) is 12.9. The quantitative estimate of drug-likeness (QED) is 0.450. The lowest BCUT2D eigenvalue weighted by Crippen LogP contribution is -2.42. The molecule has 0 heterocycles. The van der Waals surface area contributed by atoms with Crippen molar-refractivity contribution in [1.29, 1.82) is 0 Å². The first-order chi connectivity index (χ1) is 14.0. The van der Waals surface area contributed by atoms with Gasteiger partial charge in [0.15, 0.2) is 5.75 Å². The van der Waals surface area contributed by atoms with Crippen LogP contribution in [-0.2, 0) is 11.2 Å². The summed E-state index contributed by atoms with van der Waals surface area (Å²) in [7, 11) is 0. The number of nitrogen functional groups attached to an aromatic ring is 1. The highest BCUT2D eigenvalue weighted by Crippen LogP contribution is 2.60.